The summed E-state index contributed by atoms with van der Waals surface area (Å²) in [4.78, 5) is 45.2. The maximum absolute atomic E-state index is 13.8. The summed E-state index contributed by atoms with van der Waals surface area (Å²) in [7, 11) is 1.80. The molecule has 0 spiro atoms. The van der Waals surface area contributed by atoms with Gasteiger partial charge in [-0.3, -0.25) is 9.59 Å². The van der Waals surface area contributed by atoms with Crippen LogP contribution in [0.15, 0.2) is 72.8 Å². The number of carbonyl (C=O) groups excluding carboxylic acids is 3. The molecule has 4 amide bonds. The smallest absolute Gasteiger partial charge is 0.321 e. The van der Waals surface area contributed by atoms with Crippen molar-refractivity contribution >= 4 is 34.9 Å². The van der Waals surface area contributed by atoms with Gasteiger partial charge in [0, 0.05) is 62.8 Å². The lowest BCUT2D eigenvalue weighted by molar-refractivity contribution is -0.119. The molecule has 0 bridgehead atoms. The highest BCUT2D eigenvalue weighted by Crippen LogP contribution is 2.30. The van der Waals surface area contributed by atoms with Crippen LogP contribution in [0.1, 0.15) is 47.2 Å². The standard InChI is InChI=1S/C33H39N5O3/c1-24-12-14-27(15-13-24)35-33(41)38-20-18-37(19-21-38)30-17-16-28(34-31(39)26-10-6-7-11-26)22-29(30)32(40)36(2)23-25-8-4-3-5-9-25/h3-5,8-9,12-17,22,26H,6-7,10-11,18-21,23H2,1-2H3,(H,34,39)(H,35,41). The molecule has 5 rings (SSSR count). The van der Waals surface area contributed by atoms with Gasteiger partial charge in [-0.1, -0.05) is 60.9 Å². The lowest BCUT2D eigenvalue weighted by atomic mass is 10.1. The largest absolute Gasteiger partial charge is 0.367 e. The van der Waals surface area contributed by atoms with Crippen LogP contribution in [-0.2, 0) is 11.3 Å². The summed E-state index contributed by atoms with van der Waals surface area (Å²) in [5.41, 5.74) is 4.95. The van der Waals surface area contributed by atoms with Crippen molar-refractivity contribution in [3.63, 3.8) is 0 Å². The van der Waals surface area contributed by atoms with E-state index >= 15 is 0 Å². The minimum Gasteiger partial charge on any atom is -0.367 e. The van der Waals surface area contributed by atoms with E-state index in [1.807, 2.05) is 79.7 Å². The van der Waals surface area contributed by atoms with E-state index < -0.39 is 0 Å². The van der Waals surface area contributed by atoms with E-state index in [1.54, 1.807) is 16.8 Å². The molecule has 0 aromatic heterocycles. The van der Waals surface area contributed by atoms with Gasteiger partial charge in [-0.25, -0.2) is 4.79 Å². The summed E-state index contributed by atoms with van der Waals surface area (Å²) in [6, 6.07) is 23.1. The zero-order valence-corrected chi connectivity index (χ0v) is 23.9. The number of nitrogens with zero attached hydrogens (tertiary/aromatic N) is 3. The van der Waals surface area contributed by atoms with Crippen molar-refractivity contribution in [2.24, 2.45) is 5.92 Å². The van der Waals surface area contributed by atoms with Gasteiger partial charge < -0.3 is 25.3 Å². The molecular formula is C33H39N5O3. The van der Waals surface area contributed by atoms with Crippen LogP contribution >= 0.6 is 0 Å². The first-order chi connectivity index (χ1) is 19.9. The van der Waals surface area contributed by atoms with Gasteiger partial charge in [0.25, 0.3) is 5.91 Å². The van der Waals surface area contributed by atoms with E-state index in [0.29, 0.717) is 44.0 Å². The highest BCUT2D eigenvalue weighted by atomic mass is 16.2. The van der Waals surface area contributed by atoms with Gasteiger partial charge in [0.2, 0.25) is 5.91 Å². The SMILES string of the molecule is Cc1ccc(NC(=O)N2CCN(c3ccc(NC(=O)C4CCCC4)cc3C(=O)N(C)Cc3ccccc3)CC2)cc1. The minimum atomic E-state index is -0.127. The third kappa shape index (κ3) is 7.06. The first-order valence-electron chi connectivity index (χ1n) is 14.5. The maximum atomic E-state index is 13.8. The van der Waals surface area contributed by atoms with Crippen molar-refractivity contribution in [2.75, 3.05) is 48.8 Å². The summed E-state index contributed by atoms with van der Waals surface area (Å²) in [6.45, 7) is 4.75. The average Bonchev–Trinajstić information content (AvgIpc) is 3.54. The van der Waals surface area contributed by atoms with Gasteiger partial charge in [-0.15, -0.1) is 0 Å². The van der Waals surface area contributed by atoms with Gasteiger partial charge >= 0.3 is 6.03 Å². The van der Waals surface area contributed by atoms with Crippen LogP contribution in [-0.4, -0.2) is 60.9 Å². The monoisotopic (exact) mass is 553 g/mol. The van der Waals surface area contributed by atoms with Crippen molar-refractivity contribution < 1.29 is 14.4 Å². The topological polar surface area (TPSA) is 85.0 Å². The molecule has 0 unspecified atom stereocenters. The second kappa shape index (κ2) is 12.9. The molecule has 8 nitrogen and oxygen atoms in total. The van der Waals surface area contributed by atoms with Gasteiger partial charge in [0.05, 0.1) is 5.56 Å². The number of nitrogens with one attached hydrogen (secondary N) is 2. The number of amides is 4. The Morgan fingerprint density at radius 1 is 0.829 bits per heavy atom. The highest BCUT2D eigenvalue weighted by molar-refractivity contribution is 6.02. The van der Waals surface area contributed by atoms with Crippen molar-refractivity contribution in [1.29, 1.82) is 0 Å². The van der Waals surface area contributed by atoms with Crippen molar-refractivity contribution in [3.05, 3.63) is 89.5 Å². The Hall–Kier alpha value is -4.33. The van der Waals surface area contributed by atoms with Crippen LogP contribution in [0.5, 0.6) is 0 Å². The summed E-state index contributed by atoms with van der Waals surface area (Å²) < 4.78 is 0. The third-order valence-corrected chi connectivity index (χ3v) is 8.04. The van der Waals surface area contributed by atoms with Crippen LogP contribution in [0.3, 0.4) is 0 Å². The van der Waals surface area contributed by atoms with Crippen molar-refractivity contribution in [3.8, 4) is 0 Å². The first kappa shape index (κ1) is 28.2. The molecule has 2 fully saturated rings. The van der Waals surface area contributed by atoms with Gasteiger partial charge in [0.15, 0.2) is 0 Å². The fraction of sp³-hybridized carbons (Fsp3) is 0.364. The molecule has 1 heterocycles. The Morgan fingerprint density at radius 2 is 1.49 bits per heavy atom. The normalized spacial score (nSPS) is 15.5. The Kier molecular flexibility index (Phi) is 8.87. The number of hydrogen-bond donors (Lipinski definition) is 2. The van der Waals surface area contributed by atoms with Crippen LogP contribution in [0, 0.1) is 12.8 Å². The quantitative estimate of drug-likeness (QED) is 0.390. The van der Waals surface area contributed by atoms with Gasteiger partial charge in [-0.2, -0.15) is 0 Å². The summed E-state index contributed by atoms with van der Waals surface area (Å²) >= 11 is 0. The Labute approximate surface area is 242 Å². The predicted molar refractivity (Wildman–Crippen MR) is 163 cm³/mol. The summed E-state index contributed by atoms with van der Waals surface area (Å²) in [5, 5.41) is 6.03. The molecule has 2 aliphatic rings. The van der Waals surface area contributed by atoms with Crippen LogP contribution < -0.4 is 15.5 Å². The number of hydrogen-bond acceptors (Lipinski definition) is 4. The molecule has 8 heteroatoms. The van der Waals surface area contributed by atoms with Crippen LogP contribution in [0.25, 0.3) is 0 Å². The lowest BCUT2D eigenvalue weighted by Gasteiger charge is -2.37. The molecule has 2 N–H and O–H groups in total. The third-order valence-electron chi connectivity index (χ3n) is 8.04. The lowest BCUT2D eigenvalue weighted by Crippen LogP contribution is -2.50. The minimum absolute atomic E-state index is 0.0273. The van der Waals surface area contributed by atoms with E-state index in [2.05, 4.69) is 15.5 Å². The van der Waals surface area contributed by atoms with E-state index in [9.17, 15) is 14.4 Å². The van der Waals surface area contributed by atoms with Gasteiger partial charge in [-0.05, 0) is 55.7 Å². The number of anilines is 3. The molecule has 1 aliphatic heterocycles. The Bertz CT molecular complexity index is 1360. The Balaban J connectivity index is 1.31. The number of benzene rings is 3. The second-order valence-electron chi connectivity index (χ2n) is 11.1. The number of urea groups is 1. The maximum Gasteiger partial charge on any atom is 0.321 e. The zero-order chi connectivity index (χ0) is 28.8. The average molecular weight is 554 g/mol. The zero-order valence-electron chi connectivity index (χ0n) is 23.9. The van der Waals surface area contributed by atoms with Crippen molar-refractivity contribution in [2.45, 2.75) is 39.2 Å². The van der Waals surface area contributed by atoms with Crippen LogP contribution in [0.2, 0.25) is 0 Å². The first-order valence-corrected chi connectivity index (χ1v) is 14.5. The molecule has 1 saturated carbocycles. The molecule has 0 atom stereocenters. The van der Waals surface area contributed by atoms with Gasteiger partial charge in [0.1, 0.15) is 0 Å². The fourth-order valence-corrected chi connectivity index (χ4v) is 5.62. The highest BCUT2D eigenvalue weighted by Gasteiger charge is 2.27. The molecule has 3 aromatic carbocycles. The second-order valence-corrected chi connectivity index (χ2v) is 11.1. The molecule has 214 valence electrons. The number of aryl methyl sites for hydroxylation is 1. The number of piperazine rings is 1. The molecule has 1 saturated heterocycles. The number of rotatable bonds is 7. The fourth-order valence-electron chi connectivity index (χ4n) is 5.62. The molecule has 1 aliphatic carbocycles. The van der Waals surface area contributed by atoms with E-state index in [4.69, 9.17) is 0 Å². The van der Waals surface area contributed by atoms with Crippen molar-refractivity contribution in [1.82, 2.24) is 9.80 Å². The molecular weight excluding hydrogens is 514 g/mol. The van der Waals surface area contributed by atoms with E-state index in [-0.39, 0.29) is 23.8 Å². The number of carbonyl (C=O) groups is 3. The molecule has 3 aromatic rings. The van der Waals surface area contributed by atoms with Crippen LogP contribution in [0.4, 0.5) is 21.9 Å². The molecule has 41 heavy (non-hydrogen) atoms. The molecule has 0 radical (unpaired) electrons. The Morgan fingerprint density at radius 3 is 2.17 bits per heavy atom. The summed E-state index contributed by atoms with van der Waals surface area (Å²) in [6.07, 6.45) is 3.99. The van der Waals surface area contributed by atoms with E-state index in [0.717, 1.165) is 48.2 Å². The summed E-state index contributed by atoms with van der Waals surface area (Å²) in [5.74, 6) is -0.0476. The predicted octanol–water partition coefficient (Wildman–Crippen LogP) is 5.75. The van der Waals surface area contributed by atoms with E-state index in [1.165, 1.54) is 0 Å².